The van der Waals surface area contributed by atoms with E-state index in [1.54, 1.807) is 26.1 Å². The Hall–Kier alpha value is -2.87. The van der Waals surface area contributed by atoms with Crippen LogP contribution < -0.4 is 15.5 Å². The van der Waals surface area contributed by atoms with Gasteiger partial charge in [-0.15, -0.1) is 0 Å². The third kappa shape index (κ3) is 6.09. The molecule has 0 fully saturated rings. The largest absolute Gasteiger partial charge is 0.416 e. The Morgan fingerprint density at radius 1 is 1.04 bits per heavy atom. The lowest BCUT2D eigenvalue weighted by Crippen LogP contribution is -3.14. The van der Waals surface area contributed by atoms with Crippen LogP contribution in [0, 0.1) is 6.92 Å². The number of amides is 2. The van der Waals surface area contributed by atoms with E-state index >= 15 is 0 Å². The van der Waals surface area contributed by atoms with Crippen LogP contribution in [0.25, 0.3) is 0 Å². The van der Waals surface area contributed by atoms with Crippen molar-refractivity contribution in [1.29, 1.82) is 0 Å². The Morgan fingerprint density at radius 2 is 1.68 bits per heavy atom. The normalized spacial score (nSPS) is 13.5. The lowest BCUT2D eigenvalue weighted by Gasteiger charge is -2.21. The SMILES string of the molecule is Cc1ccc(NC(=O)C[NH+](C)[C@H](C)C(=O)Nc2cccc(C(F)(F)F)c2)cc1. The molecular formula is C20H23F3N3O2+. The fourth-order valence-corrected chi connectivity index (χ4v) is 2.50. The molecule has 28 heavy (non-hydrogen) atoms. The van der Waals surface area contributed by atoms with Crippen LogP contribution in [0.15, 0.2) is 48.5 Å². The molecule has 2 atom stereocenters. The number of aryl methyl sites for hydroxylation is 1. The molecule has 0 heterocycles. The quantitative estimate of drug-likeness (QED) is 0.705. The van der Waals surface area contributed by atoms with Crippen LogP contribution in [0.3, 0.4) is 0 Å². The summed E-state index contributed by atoms with van der Waals surface area (Å²) in [4.78, 5) is 25.1. The number of rotatable bonds is 6. The maximum absolute atomic E-state index is 12.8. The van der Waals surface area contributed by atoms with Crippen LogP contribution in [0.2, 0.25) is 0 Å². The smallest absolute Gasteiger partial charge is 0.321 e. The fourth-order valence-electron chi connectivity index (χ4n) is 2.50. The van der Waals surface area contributed by atoms with Crippen molar-refractivity contribution < 1.29 is 27.7 Å². The summed E-state index contributed by atoms with van der Waals surface area (Å²) in [6.45, 7) is 3.58. The topological polar surface area (TPSA) is 62.6 Å². The molecule has 3 N–H and O–H groups in total. The van der Waals surface area contributed by atoms with Gasteiger partial charge in [-0.05, 0) is 44.2 Å². The van der Waals surface area contributed by atoms with Gasteiger partial charge in [-0.3, -0.25) is 9.59 Å². The first-order chi connectivity index (χ1) is 13.1. The Bertz CT molecular complexity index is 835. The highest BCUT2D eigenvalue weighted by Gasteiger charge is 2.31. The zero-order chi connectivity index (χ0) is 20.9. The standard InChI is InChI=1S/C20H22F3N3O2/c1-13-7-9-16(10-8-13)24-18(27)12-26(3)14(2)19(28)25-17-6-4-5-15(11-17)20(21,22)23/h4-11,14H,12H2,1-3H3,(H,24,27)(H,25,28)/p+1/t14-/m1/s1. The van der Waals surface area contributed by atoms with Gasteiger partial charge in [0.05, 0.1) is 12.6 Å². The van der Waals surface area contributed by atoms with Gasteiger partial charge >= 0.3 is 6.18 Å². The molecule has 1 unspecified atom stereocenters. The lowest BCUT2D eigenvalue weighted by molar-refractivity contribution is -0.885. The molecule has 2 amide bonds. The molecule has 0 saturated carbocycles. The molecular weight excluding hydrogens is 371 g/mol. The second-order valence-electron chi connectivity index (χ2n) is 6.73. The second-order valence-corrected chi connectivity index (χ2v) is 6.73. The number of likely N-dealkylation sites (N-methyl/N-ethyl adjacent to an activating group) is 1. The summed E-state index contributed by atoms with van der Waals surface area (Å²) < 4.78 is 38.3. The summed E-state index contributed by atoms with van der Waals surface area (Å²) in [5, 5.41) is 5.22. The lowest BCUT2D eigenvalue weighted by atomic mass is 10.2. The number of alkyl halides is 3. The Labute approximate surface area is 161 Å². The van der Waals surface area contributed by atoms with Gasteiger partial charge in [-0.25, -0.2) is 0 Å². The number of nitrogens with one attached hydrogen (secondary N) is 3. The van der Waals surface area contributed by atoms with Gasteiger partial charge in [0.2, 0.25) is 0 Å². The number of benzene rings is 2. The van der Waals surface area contributed by atoms with Gasteiger partial charge in [-0.1, -0.05) is 23.8 Å². The Balaban J connectivity index is 1.93. The highest BCUT2D eigenvalue weighted by atomic mass is 19.4. The molecule has 0 aliphatic carbocycles. The molecule has 0 saturated heterocycles. The molecule has 2 aromatic carbocycles. The van der Waals surface area contributed by atoms with Gasteiger partial charge in [0.25, 0.3) is 11.8 Å². The van der Waals surface area contributed by atoms with E-state index in [9.17, 15) is 22.8 Å². The number of hydrogen-bond donors (Lipinski definition) is 3. The molecule has 2 rings (SSSR count). The van der Waals surface area contributed by atoms with Gasteiger partial charge in [-0.2, -0.15) is 13.2 Å². The summed E-state index contributed by atoms with van der Waals surface area (Å²) in [6.07, 6.45) is -4.48. The summed E-state index contributed by atoms with van der Waals surface area (Å²) in [5.41, 5.74) is 0.949. The highest BCUT2D eigenvalue weighted by Crippen LogP contribution is 2.30. The second kappa shape index (κ2) is 8.88. The zero-order valence-electron chi connectivity index (χ0n) is 15.9. The van der Waals surface area contributed by atoms with Crippen LogP contribution in [0.5, 0.6) is 0 Å². The molecule has 8 heteroatoms. The third-order valence-electron chi connectivity index (χ3n) is 4.36. The molecule has 0 radical (unpaired) electrons. The molecule has 0 aliphatic heterocycles. The van der Waals surface area contributed by atoms with Crippen molar-refractivity contribution in [1.82, 2.24) is 0 Å². The summed E-state index contributed by atoms with van der Waals surface area (Å²) in [6, 6.07) is 11.1. The first kappa shape index (κ1) is 21.4. The average Bonchev–Trinajstić information content (AvgIpc) is 2.62. The minimum atomic E-state index is -4.48. The van der Waals surface area contributed by atoms with E-state index in [0.717, 1.165) is 17.7 Å². The minimum Gasteiger partial charge on any atom is -0.321 e. The highest BCUT2D eigenvalue weighted by molar-refractivity contribution is 5.94. The number of halogens is 3. The van der Waals surface area contributed by atoms with Crippen molar-refractivity contribution >= 4 is 23.2 Å². The first-order valence-electron chi connectivity index (χ1n) is 8.73. The maximum atomic E-state index is 12.8. The molecule has 5 nitrogen and oxygen atoms in total. The van der Waals surface area contributed by atoms with E-state index in [4.69, 9.17) is 0 Å². The van der Waals surface area contributed by atoms with E-state index in [1.165, 1.54) is 12.1 Å². The number of carbonyl (C=O) groups is 2. The summed E-state index contributed by atoms with van der Waals surface area (Å²) in [5.74, 6) is -0.736. The fraction of sp³-hybridized carbons (Fsp3) is 0.300. The van der Waals surface area contributed by atoms with E-state index in [2.05, 4.69) is 10.6 Å². The Kier molecular flexibility index (Phi) is 6.80. The number of hydrogen-bond acceptors (Lipinski definition) is 2. The van der Waals surface area contributed by atoms with E-state index in [0.29, 0.717) is 10.6 Å². The Morgan fingerprint density at radius 3 is 2.29 bits per heavy atom. The van der Waals surface area contributed by atoms with Crippen molar-refractivity contribution in [2.75, 3.05) is 24.2 Å². The minimum absolute atomic E-state index is 0.0328. The van der Waals surface area contributed by atoms with Crippen LogP contribution in [0.4, 0.5) is 24.5 Å². The van der Waals surface area contributed by atoms with Crippen LogP contribution >= 0.6 is 0 Å². The molecule has 0 spiro atoms. The molecule has 0 aromatic heterocycles. The number of anilines is 2. The monoisotopic (exact) mass is 394 g/mol. The van der Waals surface area contributed by atoms with Gasteiger partial charge < -0.3 is 15.5 Å². The van der Waals surface area contributed by atoms with Gasteiger partial charge in [0.1, 0.15) is 0 Å². The van der Waals surface area contributed by atoms with Crippen LogP contribution in [-0.4, -0.2) is 31.4 Å². The number of carbonyl (C=O) groups excluding carboxylic acids is 2. The van der Waals surface area contributed by atoms with Crippen molar-refractivity contribution in [2.24, 2.45) is 0 Å². The van der Waals surface area contributed by atoms with Gasteiger partial charge in [0.15, 0.2) is 12.6 Å². The van der Waals surface area contributed by atoms with E-state index < -0.39 is 23.7 Å². The zero-order valence-corrected chi connectivity index (χ0v) is 15.9. The molecule has 0 bridgehead atoms. The van der Waals surface area contributed by atoms with Crippen molar-refractivity contribution in [2.45, 2.75) is 26.1 Å². The molecule has 0 aliphatic rings. The van der Waals surface area contributed by atoms with E-state index in [1.807, 2.05) is 19.1 Å². The van der Waals surface area contributed by atoms with Gasteiger partial charge in [0, 0.05) is 11.4 Å². The first-order valence-corrected chi connectivity index (χ1v) is 8.73. The number of quaternary nitrogens is 1. The van der Waals surface area contributed by atoms with Crippen molar-refractivity contribution in [3.05, 3.63) is 59.7 Å². The third-order valence-corrected chi connectivity index (χ3v) is 4.36. The van der Waals surface area contributed by atoms with Crippen LogP contribution in [-0.2, 0) is 15.8 Å². The summed E-state index contributed by atoms with van der Waals surface area (Å²) >= 11 is 0. The molecule has 150 valence electrons. The molecule has 2 aromatic rings. The average molecular weight is 394 g/mol. The predicted molar refractivity (Wildman–Crippen MR) is 101 cm³/mol. The van der Waals surface area contributed by atoms with E-state index in [-0.39, 0.29) is 18.1 Å². The van der Waals surface area contributed by atoms with Crippen molar-refractivity contribution in [3.8, 4) is 0 Å². The summed E-state index contributed by atoms with van der Waals surface area (Å²) in [7, 11) is 1.67. The van der Waals surface area contributed by atoms with Crippen LogP contribution in [0.1, 0.15) is 18.1 Å². The predicted octanol–water partition coefficient (Wildman–Crippen LogP) is 2.49. The maximum Gasteiger partial charge on any atom is 0.416 e. The van der Waals surface area contributed by atoms with Crippen molar-refractivity contribution in [3.63, 3.8) is 0 Å².